The Morgan fingerprint density at radius 1 is 1.00 bits per heavy atom. The number of halogens is 2. The predicted molar refractivity (Wildman–Crippen MR) is 76.4 cm³/mol. The van der Waals surface area contributed by atoms with Gasteiger partial charge in [-0.25, -0.2) is 8.78 Å². The SMILES string of the molecule is CC1(C)CC(C)(C)CC(O)(Cc2ccc(F)cc2F)C1. The number of benzene rings is 1. The van der Waals surface area contributed by atoms with Gasteiger partial charge in [-0.1, -0.05) is 33.8 Å². The molecule has 2 rings (SSSR count). The molecule has 0 heterocycles. The third-order valence-electron chi connectivity index (χ3n) is 4.11. The summed E-state index contributed by atoms with van der Waals surface area (Å²) in [5, 5.41) is 10.9. The van der Waals surface area contributed by atoms with Crippen LogP contribution in [-0.4, -0.2) is 10.7 Å². The molecule has 0 aliphatic heterocycles. The van der Waals surface area contributed by atoms with Crippen LogP contribution in [0.15, 0.2) is 18.2 Å². The Kier molecular flexibility index (Phi) is 3.70. The lowest BCUT2D eigenvalue weighted by atomic mass is 9.58. The van der Waals surface area contributed by atoms with E-state index in [4.69, 9.17) is 0 Å². The van der Waals surface area contributed by atoms with Crippen molar-refractivity contribution < 1.29 is 13.9 Å². The maximum Gasteiger partial charge on any atom is 0.129 e. The van der Waals surface area contributed by atoms with Gasteiger partial charge in [0.1, 0.15) is 11.6 Å². The number of aliphatic hydroxyl groups is 1. The summed E-state index contributed by atoms with van der Waals surface area (Å²) in [5.41, 5.74) is -0.494. The number of hydrogen-bond donors (Lipinski definition) is 1. The Morgan fingerprint density at radius 3 is 2.05 bits per heavy atom. The highest BCUT2D eigenvalue weighted by Gasteiger charge is 2.46. The highest BCUT2D eigenvalue weighted by Crippen LogP contribution is 2.51. The molecule has 0 aromatic heterocycles. The lowest BCUT2D eigenvalue weighted by Crippen LogP contribution is -2.47. The molecule has 0 atom stereocenters. The average Bonchev–Trinajstić information content (AvgIpc) is 2.16. The van der Waals surface area contributed by atoms with Crippen molar-refractivity contribution in [2.75, 3.05) is 0 Å². The minimum Gasteiger partial charge on any atom is -0.390 e. The van der Waals surface area contributed by atoms with E-state index < -0.39 is 17.2 Å². The molecule has 20 heavy (non-hydrogen) atoms. The van der Waals surface area contributed by atoms with E-state index in [2.05, 4.69) is 27.7 Å². The zero-order valence-electron chi connectivity index (χ0n) is 12.8. The summed E-state index contributed by atoms with van der Waals surface area (Å²) >= 11 is 0. The van der Waals surface area contributed by atoms with Gasteiger partial charge in [0, 0.05) is 12.5 Å². The molecule has 1 N–H and O–H groups in total. The summed E-state index contributed by atoms with van der Waals surface area (Å²) in [5.74, 6) is -1.15. The van der Waals surface area contributed by atoms with E-state index in [1.165, 1.54) is 12.1 Å². The smallest absolute Gasteiger partial charge is 0.129 e. The van der Waals surface area contributed by atoms with E-state index >= 15 is 0 Å². The fourth-order valence-electron chi connectivity index (χ4n) is 4.41. The quantitative estimate of drug-likeness (QED) is 0.848. The maximum absolute atomic E-state index is 13.8. The molecule has 1 nitrogen and oxygen atoms in total. The molecule has 112 valence electrons. The van der Waals surface area contributed by atoms with Gasteiger partial charge < -0.3 is 5.11 Å². The predicted octanol–water partition coefficient (Wildman–Crippen LogP) is 4.47. The Morgan fingerprint density at radius 2 is 1.55 bits per heavy atom. The van der Waals surface area contributed by atoms with Crippen molar-refractivity contribution in [3.63, 3.8) is 0 Å². The molecule has 1 aromatic carbocycles. The second-order valence-electron chi connectivity index (χ2n) is 8.00. The van der Waals surface area contributed by atoms with Crippen LogP contribution in [0.5, 0.6) is 0 Å². The van der Waals surface area contributed by atoms with Crippen molar-refractivity contribution in [1.82, 2.24) is 0 Å². The topological polar surface area (TPSA) is 20.2 Å². The fraction of sp³-hybridized carbons (Fsp3) is 0.647. The summed E-state index contributed by atoms with van der Waals surface area (Å²) in [6.45, 7) is 8.56. The van der Waals surface area contributed by atoms with E-state index in [0.717, 1.165) is 12.5 Å². The Labute approximate surface area is 120 Å². The minimum absolute atomic E-state index is 0.0208. The molecule has 1 saturated carbocycles. The lowest BCUT2D eigenvalue weighted by Gasteiger charge is -2.49. The average molecular weight is 282 g/mol. The van der Waals surface area contributed by atoms with Crippen molar-refractivity contribution in [2.45, 2.75) is 59.0 Å². The second kappa shape index (κ2) is 4.80. The molecule has 0 unspecified atom stereocenters. The third kappa shape index (κ3) is 3.57. The van der Waals surface area contributed by atoms with Gasteiger partial charge in [0.25, 0.3) is 0 Å². The zero-order valence-corrected chi connectivity index (χ0v) is 12.8. The number of rotatable bonds is 2. The van der Waals surface area contributed by atoms with Crippen LogP contribution in [0.3, 0.4) is 0 Å². The van der Waals surface area contributed by atoms with E-state index in [1.807, 2.05) is 0 Å². The monoisotopic (exact) mass is 282 g/mol. The van der Waals surface area contributed by atoms with Gasteiger partial charge in [-0.3, -0.25) is 0 Å². The largest absolute Gasteiger partial charge is 0.390 e. The summed E-state index contributed by atoms with van der Waals surface area (Å²) in [6.07, 6.45) is 2.56. The van der Waals surface area contributed by atoms with Gasteiger partial charge in [0.2, 0.25) is 0 Å². The van der Waals surface area contributed by atoms with Gasteiger partial charge in [-0.2, -0.15) is 0 Å². The molecule has 1 aromatic rings. The normalized spacial score (nSPS) is 23.6. The van der Waals surface area contributed by atoms with Crippen LogP contribution in [0.25, 0.3) is 0 Å². The molecule has 0 spiro atoms. The van der Waals surface area contributed by atoms with Crippen molar-refractivity contribution >= 4 is 0 Å². The van der Waals surface area contributed by atoms with E-state index in [-0.39, 0.29) is 17.3 Å². The van der Waals surface area contributed by atoms with Gasteiger partial charge in [0.15, 0.2) is 0 Å². The van der Waals surface area contributed by atoms with E-state index in [0.29, 0.717) is 18.4 Å². The van der Waals surface area contributed by atoms with Crippen molar-refractivity contribution in [3.05, 3.63) is 35.4 Å². The molecule has 1 aliphatic carbocycles. The Balaban J connectivity index is 2.26. The van der Waals surface area contributed by atoms with Crippen LogP contribution in [0.1, 0.15) is 52.5 Å². The molecule has 1 fully saturated rings. The summed E-state index contributed by atoms with van der Waals surface area (Å²) < 4.78 is 26.8. The van der Waals surface area contributed by atoms with E-state index in [9.17, 15) is 13.9 Å². The first-order valence-corrected chi connectivity index (χ1v) is 7.17. The van der Waals surface area contributed by atoms with Crippen LogP contribution in [0.2, 0.25) is 0 Å². The van der Waals surface area contributed by atoms with E-state index in [1.54, 1.807) is 0 Å². The Hall–Kier alpha value is -0.960. The number of hydrogen-bond acceptors (Lipinski definition) is 1. The molecular weight excluding hydrogens is 258 g/mol. The van der Waals surface area contributed by atoms with Crippen molar-refractivity contribution in [3.8, 4) is 0 Å². The molecule has 0 saturated heterocycles. The summed E-state index contributed by atoms with van der Waals surface area (Å²) in [4.78, 5) is 0. The van der Waals surface area contributed by atoms with Gasteiger partial charge in [-0.05, 0) is 41.7 Å². The minimum atomic E-state index is -0.927. The van der Waals surface area contributed by atoms with Crippen molar-refractivity contribution in [2.24, 2.45) is 10.8 Å². The van der Waals surface area contributed by atoms with Gasteiger partial charge in [-0.15, -0.1) is 0 Å². The van der Waals surface area contributed by atoms with Crippen LogP contribution in [0, 0.1) is 22.5 Å². The second-order valence-corrected chi connectivity index (χ2v) is 8.00. The van der Waals surface area contributed by atoms with Crippen molar-refractivity contribution in [1.29, 1.82) is 0 Å². The summed E-state index contributed by atoms with van der Waals surface area (Å²) in [6, 6.07) is 3.58. The molecule has 1 aliphatic rings. The highest BCUT2D eigenvalue weighted by molar-refractivity contribution is 5.21. The van der Waals surface area contributed by atoms with Crippen LogP contribution in [-0.2, 0) is 6.42 Å². The maximum atomic E-state index is 13.8. The van der Waals surface area contributed by atoms with Crippen LogP contribution in [0.4, 0.5) is 8.78 Å². The van der Waals surface area contributed by atoms with Crippen LogP contribution < -0.4 is 0 Å². The molecule has 0 amide bonds. The van der Waals surface area contributed by atoms with Gasteiger partial charge >= 0.3 is 0 Å². The third-order valence-corrected chi connectivity index (χ3v) is 4.11. The first-order valence-electron chi connectivity index (χ1n) is 7.17. The van der Waals surface area contributed by atoms with Gasteiger partial charge in [0.05, 0.1) is 5.60 Å². The lowest BCUT2D eigenvalue weighted by molar-refractivity contribution is -0.0854. The first kappa shape index (κ1) is 15.4. The molecule has 0 radical (unpaired) electrons. The highest BCUT2D eigenvalue weighted by atomic mass is 19.1. The summed E-state index contributed by atoms with van der Waals surface area (Å²) in [7, 11) is 0. The van der Waals surface area contributed by atoms with Crippen LogP contribution >= 0.6 is 0 Å². The Bertz CT molecular complexity index is 490. The molecule has 0 bridgehead atoms. The fourth-order valence-corrected chi connectivity index (χ4v) is 4.41. The first-order chi connectivity index (χ1) is 9.00. The zero-order chi connectivity index (χ0) is 15.2. The molecule has 3 heteroatoms. The standard InChI is InChI=1S/C17H24F2O/c1-15(2)9-16(3,4)11-17(20,10-15)8-12-5-6-13(18)7-14(12)19/h5-7,20H,8-11H2,1-4H3. The molecular formula is C17H24F2O.